The molecule has 1 heterocycles. The molecule has 0 spiro atoms. The van der Waals surface area contributed by atoms with Crippen LogP contribution in [0.3, 0.4) is 0 Å². The van der Waals surface area contributed by atoms with E-state index in [1.165, 1.54) is 12.1 Å². The van der Waals surface area contributed by atoms with Gasteiger partial charge < -0.3 is 10.6 Å². The van der Waals surface area contributed by atoms with Gasteiger partial charge in [-0.05, 0) is 25.5 Å². The van der Waals surface area contributed by atoms with Gasteiger partial charge in [-0.25, -0.2) is 0 Å². The number of nitro groups is 1. The summed E-state index contributed by atoms with van der Waals surface area (Å²) in [6.07, 6.45) is 2.21. The lowest BCUT2D eigenvalue weighted by molar-refractivity contribution is -0.384. The molecular weight excluding hydrogens is 242 g/mol. The minimum absolute atomic E-state index is 0.0160. The van der Waals surface area contributed by atoms with Crippen molar-refractivity contribution < 1.29 is 4.92 Å². The Morgan fingerprint density at radius 2 is 2.35 bits per heavy atom. The number of nitro benzene ring substituents is 1. The van der Waals surface area contributed by atoms with Crippen LogP contribution >= 0.6 is 11.6 Å². The molecule has 1 atom stereocenters. The standard InChI is InChI=1S/C11H14ClN3O2/c12-10-6-9(15(16)17)3-4-11(10)14-8-2-1-5-13-7-8/h3-4,6,8,13-14H,1-2,5,7H2. The molecule has 1 fully saturated rings. The lowest BCUT2D eigenvalue weighted by Gasteiger charge is -2.25. The Kier molecular flexibility index (Phi) is 3.81. The van der Waals surface area contributed by atoms with Crippen molar-refractivity contribution in [3.05, 3.63) is 33.3 Å². The zero-order chi connectivity index (χ0) is 12.3. The first-order valence-electron chi connectivity index (χ1n) is 5.58. The van der Waals surface area contributed by atoms with Crippen LogP contribution < -0.4 is 10.6 Å². The molecule has 1 unspecified atom stereocenters. The fourth-order valence-corrected chi connectivity index (χ4v) is 2.16. The summed E-state index contributed by atoms with van der Waals surface area (Å²) < 4.78 is 0. The molecule has 2 N–H and O–H groups in total. The van der Waals surface area contributed by atoms with Crippen molar-refractivity contribution in [2.75, 3.05) is 18.4 Å². The first-order chi connectivity index (χ1) is 8.16. The van der Waals surface area contributed by atoms with E-state index in [4.69, 9.17) is 11.6 Å². The van der Waals surface area contributed by atoms with Crippen molar-refractivity contribution in [2.24, 2.45) is 0 Å². The van der Waals surface area contributed by atoms with Crippen LogP contribution in [0.15, 0.2) is 18.2 Å². The van der Waals surface area contributed by atoms with E-state index in [1.807, 2.05) is 0 Å². The van der Waals surface area contributed by atoms with Crippen LogP contribution in [0.25, 0.3) is 0 Å². The van der Waals surface area contributed by atoms with Gasteiger partial charge in [0.1, 0.15) is 0 Å². The van der Waals surface area contributed by atoms with Gasteiger partial charge in [0, 0.05) is 24.7 Å². The second kappa shape index (κ2) is 5.33. The summed E-state index contributed by atoms with van der Waals surface area (Å²) in [7, 11) is 0. The molecule has 0 radical (unpaired) electrons. The largest absolute Gasteiger partial charge is 0.380 e. The highest BCUT2D eigenvalue weighted by Gasteiger charge is 2.15. The van der Waals surface area contributed by atoms with E-state index in [9.17, 15) is 10.1 Å². The van der Waals surface area contributed by atoms with Gasteiger partial charge in [0.15, 0.2) is 0 Å². The van der Waals surface area contributed by atoms with Crippen LogP contribution in [0.1, 0.15) is 12.8 Å². The molecule has 2 rings (SSSR count). The highest BCUT2D eigenvalue weighted by atomic mass is 35.5. The molecule has 1 aromatic rings. The van der Waals surface area contributed by atoms with Crippen molar-refractivity contribution in [3.8, 4) is 0 Å². The lowest BCUT2D eigenvalue weighted by Crippen LogP contribution is -2.38. The van der Waals surface area contributed by atoms with Gasteiger partial charge in [-0.1, -0.05) is 11.6 Å². The quantitative estimate of drug-likeness (QED) is 0.643. The molecule has 1 aliphatic heterocycles. The number of anilines is 1. The molecule has 1 saturated heterocycles. The third kappa shape index (κ3) is 3.08. The van der Waals surface area contributed by atoms with Gasteiger partial charge in [-0.3, -0.25) is 10.1 Å². The summed E-state index contributed by atoms with van der Waals surface area (Å²) in [4.78, 5) is 10.1. The number of rotatable bonds is 3. The van der Waals surface area contributed by atoms with Crippen molar-refractivity contribution in [1.82, 2.24) is 5.32 Å². The zero-order valence-electron chi connectivity index (χ0n) is 9.28. The summed E-state index contributed by atoms with van der Waals surface area (Å²) in [6.45, 7) is 1.94. The van der Waals surface area contributed by atoms with Crippen LogP contribution in [0, 0.1) is 10.1 Å². The maximum Gasteiger partial charge on any atom is 0.271 e. The SMILES string of the molecule is O=[N+]([O-])c1ccc(NC2CCCNC2)c(Cl)c1. The molecule has 1 aliphatic rings. The summed E-state index contributed by atoms with van der Waals surface area (Å²) in [5.41, 5.74) is 0.772. The van der Waals surface area contributed by atoms with E-state index in [2.05, 4.69) is 10.6 Å². The van der Waals surface area contributed by atoms with Crippen molar-refractivity contribution in [3.63, 3.8) is 0 Å². The Morgan fingerprint density at radius 3 is 2.94 bits per heavy atom. The molecule has 6 heteroatoms. The molecule has 5 nitrogen and oxygen atoms in total. The molecule has 0 amide bonds. The fourth-order valence-electron chi connectivity index (χ4n) is 1.93. The van der Waals surface area contributed by atoms with Crippen molar-refractivity contribution in [1.29, 1.82) is 0 Å². The van der Waals surface area contributed by atoms with Crippen molar-refractivity contribution in [2.45, 2.75) is 18.9 Å². The Balaban J connectivity index is 2.08. The summed E-state index contributed by atoms with van der Waals surface area (Å²) in [5.74, 6) is 0. The number of benzene rings is 1. The van der Waals surface area contributed by atoms with Crippen molar-refractivity contribution >= 4 is 23.0 Å². The number of nitrogens with one attached hydrogen (secondary N) is 2. The Labute approximate surface area is 104 Å². The number of halogens is 1. The molecular formula is C11H14ClN3O2. The normalized spacial score (nSPS) is 19.9. The minimum Gasteiger partial charge on any atom is -0.380 e. The molecule has 0 saturated carbocycles. The maximum atomic E-state index is 10.6. The van der Waals surface area contributed by atoms with Gasteiger partial charge in [0.25, 0.3) is 5.69 Å². The summed E-state index contributed by atoms with van der Waals surface area (Å²) in [6, 6.07) is 4.84. The van der Waals surface area contributed by atoms with Gasteiger partial charge in [0.05, 0.1) is 15.6 Å². The number of piperidine rings is 1. The number of non-ortho nitro benzene ring substituents is 1. The average molecular weight is 256 g/mol. The van der Waals surface area contributed by atoms with E-state index in [0.29, 0.717) is 11.1 Å². The van der Waals surface area contributed by atoms with Crippen LogP contribution in [-0.4, -0.2) is 24.1 Å². The molecule has 1 aromatic carbocycles. The Morgan fingerprint density at radius 1 is 1.53 bits per heavy atom. The van der Waals surface area contributed by atoms with E-state index in [0.717, 1.165) is 31.6 Å². The molecule has 0 aromatic heterocycles. The minimum atomic E-state index is -0.447. The first kappa shape index (κ1) is 12.1. The molecule has 17 heavy (non-hydrogen) atoms. The second-order valence-corrected chi connectivity index (χ2v) is 4.52. The summed E-state index contributed by atoms with van der Waals surface area (Å²) >= 11 is 6.01. The van der Waals surface area contributed by atoms with Gasteiger partial charge in [-0.2, -0.15) is 0 Å². The second-order valence-electron chi connectivity index (χ2n) is 4.11. The average Bonchev–Trinajstić information content (AvgIpc) is 2.33. The van der Waals surface area contributed by atoms with Gasteiger partial charge in [0.2, 0.25) is 0 Å². The number of nitrogens with zero attached hydrogens (tertiary/aromatic N) is 1. The fraction of sp³-hybridized carbons (Fsp3) is 0.455. The topological polar surface area (TPSA) is 67.2 Å². The first-order valence-corrected chi connectivity index (χ1v) is 5.96. The number of hydrogen-bond acceptors (Lipinski definition) is 4. The third-order valence-corrected chi connectivity index (χ3v) is 3.13. The van der Waals surface area contributed by atoms with Crippen LogP contribution in [0.4, 0.5) is 11.4 Å². The molecule has 92 valence electrons. The van der Waals surface area contributed by atoms with Gasteiger partial charge in [-0.15, -0.1) is 0 Å². The Bertz CT molecular complexity index is 419. The van der Waals surface area contributed by atoms with E-state index >= 15 is 0 Å². The summed E-state index contributed by atoms with van der Waals surface area (Å²) in [5, 5.41) is 17.6. The van der Waals surface area contributed by atoms with E-state index in [1.54, 1.807) is 6.07 Å². The van der Waals surface area contributed by atoms with Gasteiger partial charge >= 0.3 is 0 Å². The van der Waals surface area contributed by atoms with Crippen LogP contribution in [0.5, 0.6) is 0 Å². The van der Waals surface area contributed by atoms with E-state index in [-0.39, 0.29) is 5.69 Å². The van der Waals surface area contributed by atoms with Crippen LogP contribution in [-0.2, 0) is 0 Å². The van der Waals surface area contributed by atoms with Crippen LogP contribution in [0.2, 0.25) is 5.02 Å². The Hall–Kier alpha value is -1.33. The monoisotopic (exact) mass is 255 g/mol. The molecule has 0 bridgehead atoms. The van der Waals surface area contributed by atoms with E-state index < -0.39 is 4.92 Å². The maximum absolute atomic E-state index is 10.6. The molecule has 0 aliphatic carbocycles. The number of hydrogen-bond donors (Lipinski definition) is 2. The zero-order valence-corrected chi connectivity index (χ0v) is 10.0. The predicted octanol–water partition coefficient (Wildman–Crippen LogP) is 2.41. The third-order valence-electron chi connectivity index (χ3n) is 2.82. The predicted molar refractivity (Wildman–Crippen MR) is 67.6 cm³/mol. The lowest BCUT2D eigenvalue weighted by atomic mass is 10.1. The highest BCUT2D eigenvalue weighted by molar-refractivity contribution is 6.33. The smallest absolute Gasteiger partial charge is 0.271 e. The highest BCUT2D eigenvalue weighted by Crippen LogP contribution is 2.27.